The van der Waals surface area contributed by atoms with Gasteiger partial charge >= 0.3 is 0 Å². The van der Waals surface area contributed by atoms with Crippen molar-refractivity contribution in [3.8, 4) is 0 Å². The van der Waals surface area contributed by atoms with Crippen molar-refractivity contribution in [3.63, 3.8) is 0 Å². The molecular formula is C6H10N6. The molecule has 6 heteroatoms. The number of nitrogens with one attached hydrogen (secondary N) is 1. The van der Waals surface area contributed by atoms with Crippen LogP contribution in [0.2, 0.25) is 0 Å². The number of nitrogen functional groups attached to an aromatic ring is 1. The molecule has 0 saturated heterocycles. The maximum Gasteiger partial charge on any atom is 0.171 e. The molecular weight excluding hydrogens is 156 g/mol. The van der Waals surface area contributed by atoms with Crippen LogP contribution in [0.3, 0.4) is 0 Å². The summed E-state index contributed by atoms with van der Waals surface area (Å²) in [4.78, 5) is 2.00. The van der Waals surface area contributed by atoms with Crippen LogP contribution in [0.4, 0.5) is 5.82 Å². The lowest BCUT2D eigenvalue weighted by Crippen LogP contribution is -2.19. The third-order valence-electron chi connectivity index (χ3n) is 1.97. The minimum Gasteiger partial charge on any atom is -0.382 e. The molecule has 0 saturated carbocycles. The summed E-state index contributed by atoms with van der Waals surface area (Å²) in [5, 5.41) is 14.9. The van der Waals surface area contributed by atoms with E-state index in [1.807, 2.05) is 11.9 Å². The standard InChI is InChI=1S/C6H10N6/c1-11-2-3-12-6(11)4(5(7)8)9-10-12/h2-3H2,1H3,(H3,7,8). The SMILES string of the molecule is CN1CCn2nnc(C(=N)N)c21. The van der Waals surface area contributed by atoms with Gasteiger partial charge in [-0.2, -0.15) is 0 Å². The second kappa shape index (κ2) is 2.20. The van der Waals surface area contributed by atoms with Crippen molar-refractivity contribution in [1.29, 1.82) is 5.41 Å². The molecule has 0 radical (unpaired) electrons. The molecule has 2 heterocycles. The summed E-state index contributed by atoms with van der Waals surface area (Å²) in [7, 11) is 1.94. The molecule has 64 valence electrons. The lowest BCUT2D eigenvalue weighted by Gasteiger charge is -2.08. The fourth-order valence-electron chi connectivity index (χ4n) is 1.36. The summed E-state index contributed by atoms with van der Waals surface area (Å²) < 4.78 is 1.76. The maximum atomic E-state index is 7.25. The third kappa shape index (κ3) is 0.775. The molecule has 0 amide bonds. The number of hydrogen-bond donors (Lipinski definition) is 2. The summed E-state index contributed by atoms with van der Waals surface area (Å²) in [5.74, 6) is 0.826. The molecule has 0 fully saturated rings. The highest BCUT2D eigenvalue weighted by Gasteiger charge is 2.23. The van der Waals surface area contributed by atoms with E-state index in [-0.39, 0.29) is 5.84 Å². The average Bonchev–Trinajstić information content (AvgIpc) is 2.53. The highest BCUT2D eigenvalue weighted by atomic mass is 15.5. The van der Waals surface area contributed by atoms with Gasteiger partial charge in [-0.25, -0.2) is 4.68 Å². The average molecular weight is 166 g/mol. The summed E-state index contributed by atoms with van der Waals surface area (Å²) in [5.41, 5.74) is 5.82. The van der Waals surface area contributed by atoms with Crippen molar-refractivity contribution in [1.82, 2.24) is 15.0 Å². The number of hydrogen-bond acceptors (Lipinski definition) is 4. The van der Waals surface area contributed by atoms with Crippen LogP contribution in [0.15, 0.2) is 0 Å². The zero-order valence-electron chi connectivity index (χ0n) is 6.78. The van der Waals surface area contributed by atoms with Crippen molar-refractivity contribution in [3.05, 3.63) is 5.69 Å². The van der Waals surface area contributed by atoms with E-state index in [1.54, 1.807) is 4.68 Å². The molecule has 6 nitrogen and oxygen atoms in total. The van der Waals surface area contributed by atoms with Crippen LogP contribution in [0.25, 0.3) is 0 Å². The minimum absolute atomic E-state index is 0.0231. The van der Waals surface area contributed by atoms with Gasteiger partial charge in [-0.3, -0.25) is 5.41 Å². The first kappa shape index (κ1) is 7.08. The number of rotatable bonds is 1. The van der Waals surface area contributed by atoms with E-state index >= 15 is 0 Å². The summed E-state index contributed by atoms with van der Waals surface area (Å²) in [6.45, 7) is 1.73. The molecule has 0 spiro atoms. The Labute approximate surface area is 69.5 Å². The van der Waals surface area contributed by atoms with E-state index < -0.39 is 0 Å². The first-order valence-electron chi connectivity index (χ1n) is 3.69. The Morgan fingerprint density at radius 1 is 1.58 bits per heavy atom. The Kier molecular flexibility index (Phi) is 1.30. The van der Waals surface area contributed by atoms with Crippen molar-refractivity contribution in [2.24, 2.45) is 5.73 Å². The highest BCUT2D eigenvalue weighted by molar-refractivity contribution is 5.97. The van der Waals surface area contributed by atoms with Gasteiger partial charge in [0.15, 0.2) is 11.5 Å². The molecule has 0 atom stereocenters. The maximum absolute atomic E-state index is 7.25. The van der Waals surface area contributed by atoms with Gasteiger partial charge in [-0.15, -0.1) is 5.10 Å². The van der Waals surface area contributed by atoms with E-state index in [0.29, 0.717) is 5.69 Å². The Morgan fingerprint density at radius 3 is 3.00 bits per heavy atom. The molecule has 0 bridgehead atoms. The van der Waals surface area contributed by atoms with Gasteiger partial charge in [-0.05, 0) is 0 Å². The topological polar surface area (TPSA) is 83.8 Å². The number of aromatic nitrogens is 3. The fourth-order valence-corrected chi connectivity index (χ4v) is 1.36. The van der Waals surface area contributed by atoms with Crippen LogP contribution in [-0.2, 0) is 6.54 Å². The zero-order chi connectivity index (χ0) is 8.72. The first-order chi connectivity index (χ1) is 5.70. The van der Waals surface area contributed by atoms with Gasteiger partial charge < -0.3 is 10.6 Å². The van der Waals surface area contributed by atoms with Gasteiger partial charge in [0.2, 0.25) is 0 Å². The first-order valence-corrected chi connectivity index (χ1v) is 3.69. The molecule has 1 aliphatic rings. The summed E-state index contributed by atoms with van der Waals surface area (Å²) in [6.07, 6.45) is 0. The Bertz CT molecular complexity index is 327. The van der Waals surface area contributed by atoms with Crippen molar-refractivity contribution < 1.29 is 0 Å². The van der Waals surface area contributed by atoms with Gasteiger partial charge in [0, 0.05) is 13.6 Å². The minimum atomic E-state index is -0.0231. The molecule has 2 rings (SSSR count). The molecule has 1 aromatic rings. The lowest BCUT2D eigenvalue weighted by atomic mass is 10.4. The molecule has 0 aromatic carbocycles. The Hall–Kier alpha value is -1.59. The van der Waals surface area contributed by atoms with Gasteiger partial charge in [0.1, 0.15) is 5.84 Å². The number of nitrogens with zero attached hydrogens (tertiary/aromatic N) is 4. The fraction of sp³-hybridized carbons (Fsp3) is 0.500. The lowest BCUT2D eigenvalue weighted by molar-refractivity contribution is 0.651. The number of nitrogens with two attached hydrogens (primary N) is 1. The highest BCUT2D eigenvalue weighted by Crippen LogP contribution is 2.20. The normalized spacial score (nSPS) is 14.9. The molecule has 1 aliphatic heterocycles. The predicted octanol–water partition coefficient (Wildman–Crippen LogP) is -0.988. The van der Waals surface area contributed by atoms with Crippen LogP contribution in [-0.4, -0.2) is 34.4 Å². The van der Waals surface area contributed by atoms with Crippen molar-refractivity contribution in [2.75, 3.05) is 18.5 Å². The second-order valence-electron chi connectivity index (χ2n) is 2.82. The molecule has 1 aromatic heterocycles. The van der Waals surface area contributed by atoms with Gasteiger partial charge in [-0.1, -0.05) is 5.21 Å². The monoisotopic (exact) mass is 166 g/mol. The van der Waals surface area contributed by atoms with Gasteiger partial charge in [0.05, 0.1) is 6.54 Å². The molecule has 12 heavy (non-hydrogen) atoms. The van der Waals surface area contributed by atoms with E-state index in [1.165, 1.54) is 0 Å². The quantitative estimate of drug-likeness (QED) is 0.414. The predicted molar refractivity (Wildman–Crippen MR) is 44.3 cm³/mol. The Morgan fingerprint density at radius 2 is 2.33 bits per heavy atom. The molecule has 0 aliphatic carbocycles. The number of fused-ring (bicyclic) bond motifs is 1. The van der Waals surface area contributed by atoms with Crippen LogP contribution in [0, 0.1) is 5.41 Å². The Balaban J connectivity index is 2.53. The summed E-state index contributed by atoms with van der Waals surface area (Å²) >= 11 is 0. The third-order valence-corrected chi connectivity index (χ3v) is 1.97. The van der Waals surface area contributed by atoms with Crippen molar-refractivity contribution >= 4 is 11.7 Å². The number of anilines is 1. The number of amidine groups is 1. The van der Waals surface area contributed by atoms with E-state index in [4.69, 9.17) is 11.1 Å². The van der Waals surface area contributed by atoms with Crippen LogP contribution >= 0.6 is 0 Å². The molecule has 0 unspecified atom stereocenters. The van der Waals surface area contributed by atoms with Crippen LogP contribution < -0.4 is 10.6 Å². The largest absolute Gasteiger partial charge is 0.382 e. The number of likely N-dealkylation sites (N-methyl/N-ethyl adjacent to an activating group) is 1. The van der Waals surface area contributed by atoms with E-state index in [9.17, 15) is 0 Å². The summed E-state index contributed by atoms with van der Waals surface area (Å²) in [6, 6.07) is 0. The van der Waals surface area contributed by atoms with E-state index in [0.717, 1.165) is 18.9 Å². The van der Waals surface area contributed by atoms with Crippen molar-refractivity contribution in [2.45, 2.75) is 6.54 Å². The van der Waals surface area contributed by atoms with E-state index in [2.05, 4.69) is 10.3 Å². The van der Waals surface area contributed by atoms with Crippen LogP contribution in [0.5, 0.6) is 0 Å². The molecule has 3 N–H and O–H groups in total. The second-order valence-corrected chi connectivity index (χ2v) is 2.82. The van der Waals surface area contributed by atoms with Gasteiger partial charge in [0.25, 0.3) is 0 Å². The van der Waals surface area contributed by atoms with Crippen LogP contribution in [0.1, 0.15) is 5.69 Å². The zero-order valence-corrected chi connectivity index (χ0v) is 6.78. The smallest absolute Gasteiger partial charge is 0.171 e.